The van der Waals surface area contributed by atoms with Crippen LogP contribution in [0.4, 0.5) is 0 Å². The van der Waals surface area contributed by atoms with E-state index in [1.807, 2.05) is 55.7 Å². The van der Waals surface area contributed by atoms with Crippen molar-refractivity contribution >= 4 is 11.7 Å². The van der Waals surface area contributed by atoms with Crippen LogP contribution in [0.3, 0.4) is 0 Å². The Morgan fingerprint density at radius 3 is 2.28 bits per heavy atom. The van der Waals surface area contributed by atoms with E-state index in [0.717, 1.165) is 17.1 Å². The number of nitrogens with zero attached hydrogens (tertiary/aromatic N) is 1. The summed E-state index contributed by atoms with van der Waals surface area (Å²) < 4.78 is 12.8. The Labute approximate surface area is 169 Å². The molecule has 0 bridgehead atoms. The van der Waals surface area contributed by atoms with E-state index in [2.05, 4.69) is 0 Å². The highest BCUT2D eigenvalue weighted by Gasteiger charge is 2.19. The predicted octanol–water partition coefficient (Wildman–Crippen LogP) is 3.77. The number of aryl methyl sites for hydroxylation is 2. The van der Waals surface area contributed by atoms with E-state index in [4.69, 9.17) is 15.2 Å². The minimum Gasteiger partial charge on any atom is -0.497 e. The average molecular weight is 392 g/mol. The van der Waals surface area contributed by atoms with Gasteiger partial charge in [0.25, 0.3) is 5.91 Å². The Balaban J connectivity index is 1.83. The van der Waals surface area contributed by atoms with Crippen molar-refractivity contribution in [1.29, 1.82) is 0 Å². The maximum absolute atomic E-state index is 12.8. The topological polar surface area (TPSA) is 83.6 Å². The molecule has 1 amide bonds. The summed E-state index contributed by atoms with van der Waals surface area (Å²) in [5, 5.41) is 0. The number of rotatable bonds is 7. The third kappa shape index (κ3) is 4.16. The van der Waals surface area contributed by atoms with Gasteiger partial charge in [-0.25, -0.2) is 0 Å². The van der Waals surface area contributed by atoms with Crippen LogP contribution in [-0.4, -0.2) is 30.0 Å². The number of ketones is 1. The van der Waals surface area contributed by atoms with Crippen molar-refractivity contribution in [3.8, 4) is 17.2 Å². The summed E-state index contributed by atoms with van der Waals surface area (Å²) in [6.45, 7) is 5.69. The van der Waals surface area contributed by atoms with Gasteiger partial charge in [0.05, 0.1) is 12.7 Å². The van der Waals surface area contributed by atoms with Crippen molar-refractivity contribution in [2.75, 3.05) is 13.7 Å². The SMILES string of the molecule is COc1ccc(OCC(=O)c2cc(C)n(-c3ccc(C)cc3)c2C)c(C(N)=O)c1. The van der Waals surface area contributed by atoms with Crippen molar-refractivity contribution in [3.05, 3.63) is 76.6 Å². The first kappa shape index (κ1) is 20.2. The number of Topliss-reactive ketones (excluding diaryl/α,β-unsaturated/α-hetero) is 1. The molecule has 6 nitrogen and oxygen atoms in total. The molecule has 6 heteroatoms. The van der Waals surface area contributed by atoms with E-state index in [9.17, 15) is 9.59 Å². The standard InChI is InChI=1S/C23H24N2O4/c1-14-5-7-17(8-6-14)25-15(2)11-19(16(25)3)21(26)13-29-22-10-9-18(28-4)12-20(22)23(24)27/h5-12H,13H2,1-4H3,(H2,24,27). The van der Waals surface area contributed by atoms with Crippen molar-refractivity contribution < 1.29 is 19.1 Å². The molecule has 2 aromatic carbocycles. The second kappa shape index (κ2) is 8.22. The number of ether oxygens (including phenoxy) is 2. The number of methoxy groups -OCH3 is 1. The molecule has 29 heavy (non-hydrogen) atoms. The number of carbonyl (C=O) groups excluding carboxylic acids is 2. The van der Waals surface area contributed by atoms with Crippen LogP contribution in [0.15, 0.2) is 48.5 Å². The first-order chi connectivity index (χ1) is 13.8. The fourth-order valence-electron chi connectivity index (χ4n) is 3.31. The summed E-state index contributed by atoms with van der Waals surface area (Å²) >= 11 is 0. The quantitative estimate of drug-likeness (QED) is 0.621. The largest absolute Gasteiger partial charge is 0.497 e. The average Bonchev–Trinajstić information content (AvgIpc) is 3.01. The molecule has 0 saturated heterocycles. The molecule has 0 aliphatic heterocycles. The number of aromatic nitrogens is 1. The van der Waals surface area contributed by atoms with Crippen molar-refractivity contribution in [2.45, 2.75) is 20.8 Å². The summed E-state index contributed by atoms with van der Waals surface area (Å²) in [6.07, 6.45) is 0. The van der Waals surface area contributed by atoms with Gasteiger partial charge in [-0.1, -0.05) is 17.7 Å². The third-order valence-corrected chi connectivity index (χ3v) is 4.83. The predicted molar refractivity (Wildman–Crippen MR) is 111 cm³/mol. The lowest BCUT2D eigenvalue weighted by molar-refractivity contribution is 0.0911. The number of carbonyl (C=O) groups is 2. The lowest BCUT2D eigenvalue weighted by Crippen LogP contribution is -2.17. The maximum atomic E-state index is 12.8. The first-order valence-corrected chi connectivity index (χ1v) is 9.21. The summed E-state index contributed by atoms with van der Waals surface area (Å²) in [5.41, 5.74) is 10.1. The van der Waals surface area contributed by atoms with Crippen LogP contribution >= 0.6 is 0 Å². The highest BCUT2D eigenvalue weighted by atomic mass is 16.5. The van der Waals surface area contributed by atoms with Crippen LogP contribution < -0.4 is 15.2 Å². The van der Waals surface area contributed by atoms with E-state index in [1.165, 1.54) is 18.7 Å². The number of amides is 1. The molecule has 1 aromatic heterocycles. The van der Waals surface area contributed by atoms with Gasteiger partial charge >= 0.3 is 0 Å². The summed E-state index contributed by atoms with van der Waals surface area (Å²) in [6, 6.07) is 14.7. The highest BCUT2D eigenvalue weighted by Crippen LogP contribution is 2.25. The molecule has 0 atom stereocenters. The fraction of sp³-hybridized carbons (Fsp3) is 0.217. The molecule has 0 unspecified atom stereocenters. The monoisotopic (exact) mass is 392 g/mol. The Morgan fingerprint density at radius 1 is 0.966 bits per heavy atom. The van der Waals surface area contributed by atoms with Gasteiger partial charge in [0.2, 0.25) is 5.78 Å². The number of nitrogens with two attached hydrogens (primary N) is 1. The Hall–Kier alpha value is -3.54. The number of hydrogen-bond acceptors (Lipinski definition) is 4. The Morgan fingerprint density at radius 2 is 1.66 bits per heavy atom. The van der Waals surface area contributed by atoms with E-state index in [1.54, 1.807) is 12.1 Å². The maximum Gasteiger partial charge on any atom is 0.252 e. The summed E-state index contributed by atoms with van der Waals surface area (Å²) in [4.78, 5) is 24.5. The molecule has 0 aliphatic rings. The molecule has 150 valence electrons. The van der Waals surface area contributed by atoms with Gasteiger partial charge in [-0.3, -0.25) is 9.59 Å². The molecule has 0 aliphatic carbocycles. The van der Waals surface area contributed by atoms with Crippen LogP contribution in [0.25, 0.3) is 5.69 Å². The van der Waals surface area contributed by atoms with Crippen molar-refractivity contribution in [2.24, 2.45) is 5.73 Å². The second-order valence-corrected chi connectivity index (χ2v) is 6.89. The molecule has 2 N–H and O–H groups in total. The molecule has 0 saturated carbocycles. The lowest BCUT2D eigenvalue weighted by Gasteiger charge is -2.12. The van der Waals surface area contributed by atoms with Gasteiger partial charge in [0.15, 0.2) is 6.61 Å². The van der Waals surface area contributed by atoms with E-state index in [0.29, 0.717) is 11.3 Å². The van der Waals surface area contributed by atoms with Gasteiger partial charge < -0.3 is 19.8 Å². The molecule has 3 aromatic rings. The fourth-order valence-corrected chi connectivity index (χ4v) is 3.31. The zero-order valence-corrected chi connectivity index (χ0v) is 17.0. The number of hydrogen-bond donors (Lipinski definition) is 1. The number of primary amides is 1. The summed E-state index contributed by atoms with van der Waals surface area (Å²) in [7, 11) is 1.49. The molecule has 3 rings (SSSR count). The van der Waals surface area contributed by atoms with E-state index < -0.39 is 5.91 Å². The molecule has 0 fully saturated rings. The highest BCUT2D eigenvalue weighted by molar-refractivity contribution is 5.99. The normalized spacial score (nSPS) is 10.6. The third-order valence-electron chi connectivity index (χ3n) is 4.83. The first-order valence-electron chi connectivity index (χ1n) is 9.21. The summed E-state index contributed by atoms with van der Waals surface area (Å²) in [5.74, 6) is -0.0929. The molecular formula is C23H24N2O4. The van der Waals surface area contributed by atoms with Gasteiger partial charge in [-0.05, 0) is 57.2 Å². The van der Waals surface area contributed by atoms with Crippen LogP contribution in [0.2, 0.25) is 0 Å². The lowest BCUT2D eigenvalue weighted by atomic mass is 10.1. The Bertz CT molecular complexity index is 1070. The minimum atomic E-state index is -0.649. The zero-order chi connectivity index (χ0) is 21.1. The van der Waals surface area contributed by atoms with Crippen LogP contribution in [-0.2, 0) is 0 Å². The van der Waals surface area contributed by atoms with Gasteiger partial charge in [0, 0.05) is 22.6 Å². The smallest absolute Gasteiger partial charge is 0.252 e. The molecule has 0 spiro atoms. The second-order valence-electron chi connectivity index (χ2n) is 6.89. The zero-order valence-electron chi connectivity index (χ0n) is 17.0. The molecule has 1 heterocycles. The van der Waals surface area contributed by atoms with E-state index >= 15 is 0 Å². The van der Waals surface area contributed by atoms with E-state index in [-0.39, 0.29) is 23.7 Å². The van der Waals surface area contributed by atoms with Gasteiger partial charge in [-0.15, -0.1) is 0 Å². The minimum absolute atomic E-state index is 0.169. The molecular weight excluding hydrogens is 368 g/mol. The van der Waals surface area contributed by atoms with Crippen molar-refractivity contribution in [3.63, 3.8) is 0 Å². The number of benzene rings is 2. The van der Waals surface area contributed by atoms with Gasteiger partial charge in [0.1, 0.15) is 11.5 Å². The Kier molecular flexibility index (Phi) is 5.73. The van der Waals surface area contributed by atoms with Gasteiger partial charge in [-0.2, -0.15) is 0 Å². The van der Waals surface area contributed by atoms with Crippen LogP contribution in [0.1, 0.15) is 37.7 Å². The van der Waals surface area contributed by atoms with Crippen molar-refractivity contribution in [1.82, 2.24) is 4.57 Å². The molecule has 0 radical (unpaired) electrons. The van der Waals surface area contributed by atoms with Crippen LogP contribution in [0, 0.1) is 20.8 Å². The van der Waals surface area contributed by atoms with Crippen LogP contribution in [0.5, 0.6) is 11.5 Å².